The molecule has 3 fully saturated rings. The van der Waals surface area contributed by atoms with Gasteiger partial charge in [0.15, 0.2) is 11.6 Å². The number of carbonyl (C=O) groups is 3. The Morgan fingerprint density at radius 1 is 1.33 bits per heavy atom. The van der Waals surface area contributed by atoms with Crippen LogP contribution in [-0.4, -0.2) is 40.8 Å². The van der Waals surface area contributed by atoms with E-state index in [0.717, 1.165) is 37.5 Å². The molecule has 0 radical (unpaired) electrons. The van der Waals surface area contributed by atoms with Gasteiger partial charge in [0.2, 0.25) is 0 Å². The molecular formula is C21H29KO5. The van der Waals surface area contributed by atoms with Gasteiger partial charge >= 0.3 is 51.4 Å². The fraction of sp³-hybridized carbons (Fsp3) is 0.762. The van der Waals surface area contributed by atoms with Crippen LogP contribution in [0.3, 0.4) is 0 Å². The number of hydrogen-bond donors (Lipinski definition) is 2. The van der Waals surface area contributed by atoms with E-state index >= 15 is 0 Å². The van der Waals surface area contributed by atoms with Crippen molar-refractivity contribution < 1.29 is 77.4 Å². The first kappa shape index (κ1) is 22.0. The topological polar surface area (TPSA) is 91.7 Å². The largest absolute Gasteiger partial charge is 1.00 e. The first-order chi connectivity index (χ1) is 12.4. The van der Waals surface area contributed by atoms with E-state index in [-0.39, 0.29) is 87.5 Å². The Bertz CT molecular complexity index is 694. The Morgan fingerprint density at radius 2 is 2.07 bits per heavy atom. The molecule has 0 saturated heterocycles. The van der Waals surface area contributed by atoms with Crippen LogP contribution < -0.4 is 51.4 Å². The van der Waals surface area contributed by atoms with E-state index < -0.39 is 24.0 Å². The molecule has 144 valence electrons. The number of rotatable bonds is 3. The van der Waals surface area contributed by atoms with Crippen LogP contribution in [0.15, 0.2) is 11.6 Å². The van der Waals surface area contributed by atoms with Gasteiger partial charge in [0, 0.05) is 17.8 Å². The molecule has 2 N–H and O–H groups in total. The zero-order valence-corrected chi connectivity index (χ0v) is 19.4. The predicted octanol–water partition coefficient (Wildman–Crippen LogP) is -1.04. The molecule has 0 amide bonds. The first-order valence-electron chi connectivity index (χ1n) is 9.89. The molecule has 5 nitrogen and oxygen atoms in total. The molecule has 0 bridgehead atoms. The summed E-state index contributed by atoms with van der Waals surface area (Å²) in [7, 11) is 0. The molecule has 3 saturated carbocycles. The molecule has 0 aromatic heterocycles. The third-order valence-electron chi connectivity index (χ3n) is 8.27. The van der Waals surface area contributed by atoms with Gasteiger partial charge < -0.3 is 16.4 Å². The number of ketones is 2. The molecule has 4 rings (SSSR count). The van der Waals surface area contributed by atoms with Gasteiger partial charge in [0.1, 0.15) is 12.9 Å². The number of allylic oxidation sites excluding steroid dienone is 1. The minimum Gasteiger partial charge on any atom is -1.00 e. The number of aliphatic hydroxyl groups excluding tert-OH is 2. The van der Waals surface area contributed by atoms with Crippen LogP contribution in [0.2, 0.25) is 0 Å². The molecule has 0 unspecified atom stereocenters. The van der Waals surface area contributed by atoms with Crippen LogP contribution in [-0.2, 0) is 14.4 Å². The van der Waals surface area contributed by atoms with E-state index in [1.54, 1.807) is 6.08 Å². The fourth-order valence-corrected chi connectivity index (χ4v) is 7.18. The van der Waals surface area contributed by atoms with Crippen molar-refractivity contribution in [3.05, 3.63) is 11.6 Å². The number of aliphatic hydroxyl groups is 2. The van der Waals surface area contributed by atoms with Crippen molar-refractivity contribution in [3.8, 4) is 0 Å². The summed E-state index contributed by atoms with van der Waals surface area (Å²) < 4.78 is 0. The van der Waals surface area contributed by atoms with Gasteiger partial charge in [-0.05, 0) is 67.8 Å². The average molecular weight is 401 g/mol. The monoisotopic (exact) mass is 400 g/mol. The third-order valence-corrected chi connectivity index (χ3v) is 8.27. The van der Waals surface area contributed by atoms with Crippen molar-refractivity contribution >= 4 is 17.9 Å². The average Bonchev–Trinajstić information content (AvgIpc) is 3.00. The molecule has 0 aromatic rings. The summed E-state index contributed by atoms with van der Waals surface area (Å²) in [6.45, 7) is 1.63. The number of hydrogen-bond acceptors (Lipinski definition) is 5. The Balaban J connectivity index is 0.00000140. The summed E-state index contributed by atoms with van der Waals surface area (Å²) in [5, 5.41) is 20.5. The molecule has 27 heavy (non-hydrogen) atoms. The van der Waals surface area contributed by atoms with Crippen molar-refractivity contribution in [1.82, 2.24) is 0 Å². The Hall–Kier alpha value is 0.306. The Kier molecular flexibility index (Phi) is 6.40. The summed E-state index contributed by atoms with van der Waals surface area (Å²) in [5.41, 5.74) is 0.140. The van der Waals surface area contributed by atoms with Crippen molar-refractivity contribution in [1.29, 1.82) is 0 Å². The van der Waals surface area contributed by atoms with Crippen LogP contribution in [0.5, 0.6) is 0 Å². The van der Waals surface area contributed by atoms with Crippen molar-refractivity contribution in [3.63, 3.8) is 0 Å². The van der Waals surface area contributed by atoms with Crippen molar-refractivity contribution in [2.24, 2.45) is 34.5 Å². The first-order valence-corrected chi connectivity index (χ1v) is 9.89. The summed E-state index contributed by atoms with van der Waals surface area (Å²) >= 11 is 0. The molecule has 0 spiro atoms. The standard InChI is InChI=1S/C21H28O5.K.H/c1-20-7-6-13(24)8-12(20)2-3-14-15-4-5-16(18(26)10-22)21(15,11-23)9-17(25)19(14)20;;/h8,11,14-17,19,22,25H,2-7,9-10H2,1H3;;/q;+1;-1/t14-,15-,16+,17-,19+,20-,21+;;/m0../s1. The van der Waals surface area contributed by atoms with E-state index in [1.165, 1.54) is 0 Å². The fourth-order valence-electron chi connectivity index (χ4n) is 7.18. The van der Waals surface area contributed by atoms with Crippen LogP contribution in [0, 0.1) is 34.5 Å². The molecule has 0 heterocycles. The molecule has 0 aliphatic heterocycles. The molecule has 4 aliphatic carbocycles. The van der Waals surface area contributed by atoms with E-state index in [1.807, 2.05) is 0 Å². The van der Waals surface area contributed by atoms with E-state index in [2.05, 4.69) is 6.92 Å². The van der Waals surface area contributed by atoms with Crippen molar-refractivity contribution in [2.75, 3.05) is 6.61 Å². The van der Waals surface area contributed by atoms with Gasteiger partial charge in [-0.1, -0.05) is 12.5 Å². The smallest absolute Gasteiger partial charge is 1.00 e. The number of fused-ring (bicyclic) bond motifs is 5. The summed E-state index contributed by atoms with van der Waals surface area (Å²) in [6.07, 6.45) is 6.75. The van der Waals surface area contributed by atoms with Gasteiger partial charge in [0.25, 0.3) is 0 Å². The molecule has 6 heteroatoms. The SMILES string of the molecule is C[C@]12CCC(=O)C=C1CC[C@@H]1[C@@H]2[C@@H](O)C[C@]2(C=O)[C@@H](C(=O)CO)CC[C@@H]12.[H-].[K+]. The number of Topliss-reactive ketones (excluding diaryl/α,β-unsaturated/α-hetero) is 1. The van der Waals surface area contributed by atoms with Crippen LogP contribution in [0.1, 0.15) is 53.3 Å². The molecule has 7 atom stereocenters. The maximum atomic E-state index is 12.3. The Labute approximate surface area is 204 Å². The summed E-state index contributed by atoms with van der Waals surface area (Å²) in [5.74, 6) is -0.241. The zero-order chi connectivity index (χ0) is 18.7. The molecule has 4 aliphatic rings. The second-order valence-corrected chi connectivity index (χ2v) is 9.14. The van der Waals surface area contributed by atoms with Gasteiger partial charge in [-0.15, -0.1) is 0 Å². The quantitative estimate of drug-likeness (QED) is 0.467. The van der Waals surface area contributed by atoms with Gasteiger partial charge in [-0.2, -0.15) is 0 Å². The van der Waals surface area contributed by atoms with Gasteiger partial charge in [0.05, 0.1) is 6.10 Å². The van der Waals surface area contributed by atoms with E-state index in [4.69, 9.17) is 0 Å². The summed E-state index contributed by atoms with van der Waals surface area (Å²) in [6, 6.07) is 0. The van der Waals surface area contributed by atoms with Crippen LogP contribution >= 0.6 is 0 Å². The second kappa shape index (κ2) is 7.86. The maximum Gasteiger partial charge on any atom is 1.00 e. The number of carbonyl (C=O) groups excluding carboxylic acids is 3. The van der Waals surface area contributed by atoms with Crippen LogP contribution in [0.25, 0.3) is 0 Å². The molecular weight excluding hydrogens is 371 g/mol. The zero-order valence-electron chi connectivity index (χ0n) is 17.3. The molecule has 0 aromatic carbocycles. The Morgan fingerprint density at radius 3 is 2.74 bits per heavy atom. The van der Waals surface area contributed by atoms with Gasteiger partial charge in [-0.3, -0.25) is 9.59 Å². The third kappa shape index (κ3) is 3.14. The van der Waals surface area contributed by atoms with Crippen LogP contribution in [0.4, 0.5) is 0 Å². The minimum atomic E-state index is -0.831. The van der Waals surface area contributed by atoms with E-state index in [9.17, 15) is 24.6 Å². The summed E-state index contributed by atoms with van der Waals surface area (Å²) in [4.78, 5) is 36.4. The number of aldehydes is 1. The van der Waals surface area contributed by atoms with Crippen molar-refractivity contribution in [2.45, 2.75) is 58.0 Å². The second-order valence-electron chi connectivity index (χ2n) is 9.14. The minimum absolute atomic E-state index is 0. The maximum absolute atomic E-state index is 12.3. The predicted molar refractivity (Wildman–Crippen MR) is 95.2 cm³/mol. The van der Waals surface area contributed by atoms with Gasteiger partial charge in [-0.25, -0.2) is 0 Å². The normalized spacial score (nSPS) is 45.7. The van der Waals surface area contributed by atoms with E-state index in [0.29, 0.717) is 19.3 Å².